The number of carbonyl (C=O) groups excluding carboxylic acids is 1. The molecule has 12 heavy (non-hydrogen) atoms. The predicted octanol–water partition coefficient (Wildman–Crippen LogP) is 1.03. The number of hydrogen-bond acceptors (Lipinski definition) is 3. The van der Waals surface area contributed by atoms with Gasteiger partial charge in [0, 0.05) is 0 Å². The Morgan fingerprint density at radius 2 is 2.50 bits per heavy atom. The summed E-state index contributed by atoms with van der Waals surface area (Å²) in [6, 6.07) is 1.72. The first-order valence-electron chi connectivity index (χ1n) is 3.43. The van der Waals surface area contributed by atoms with Crippen molar-refractivity contribution in [1.29, 1.82) is 0 Å². The minimum atomic E-state index is -0.446. The molecule has 3 N–H and O–H groups in total. The minimum Gasteiger partial charge on any atom is -0.364 e. The van der Waals surface area contributed by atoms with Gasteiger partial charge < -0.3 is 10.7 Å². The Morgan fingerprint density at radius 3 is 3.08 bits per heavy atom. The molecule has 0 aromatic carbocycles. The van der Waals surface area contributed by atoms with Crippen LogP contribution in [0.3, 0.4) is 0 Å². The van der Waals surface area contributed by atoms with Crippen molar-refractivity contribution in [3.63, 3.8) is 0 Å². The van der Waals surface area contributed by atoms with Crippen LogP contribution in [-0.2, 0) is 0 Å². The average Bonchev–Trinajstić information content (AvgIpc) is 2.42. The smallest absolute Gasteiger partial charge is 0.265 e. The number of fused-ring (bicyclic) bond motifs is 1. The maximum atomic E-state index is 10.7. The van der Waals surface area contributed by atoms with Gasteiger partial charge in [-0.1, -0.05) is 0 Å². The van der Waals surface area contributed by atoms with E-state index < -0.39 is 5.91 Å². The summed E-state index contributed by atoms with van der Waals surface area (Å²) >= 11 is 1.54. The molecule has 0 unspecified atom stereocenters. The zero-order valence-electron chi connectivity index (χ0n) is 6.42. The zero-order valence-corrected chi connectivity index (χ0v) is 7.23. The number of aromatic amines is 1. The summed E-state index contributed by atoms with van der Waals surface area (Å²) in [7, 11) is 0. The van der Waals surface area contributed by atoms with E-state index >= 15 is 0 Å². The van der Waals surface area contributed by atoms with Gasteiger partial charge in [-0.25, -0.2) is 4.98 Å². The Bertz CT molecular complexity index is 411. The molecule has 0 radical (unpaired) electrons. The molecule has 2 rings (SSSR count). The van der Waals surface area contributed by atoms with Gasteiger partial charge in [0.05, 0.1) is 9.71 Å². The van der Waals surface area contributed by atoms with Gasteiger partial charge in [-0.2, -0.15) is 0 Å². The van der Waals surface area contributed by atoms with Gasteiger partial charge in [-0.15, -0.1) is 11.3 Å². The normalized spacial score (nSPS) is 10.8. The third kappa shape index (κ3) is 0.984. The quantitative estimate of drug-likeness (QED) is 0.689. The van der Waals surface area contributed by atoms with Crippen LogP contribution in [0.4, 0.5) is 0 Å². The van der Waals surface area contributed by atoms with Crippen LogP contribution in [0.5, 0.6) is 0 Å². The minimum absolute atomic E-state index is 0.420. The molecule has 2 heterocycles. The molecule has 4 nitrogen and oxygen atoms in total. The lowest BCUT2D eigenvalue weighted by molar-refractivity contribution is 0.0996. The third-order valence-corrected chi connectivity index (χ3v) is 2.47. The summed E-state index contributed by atoms with van der Waals surface area (Å²) in [5.74, 6) is -0.446. The van der Waals surface area contributed by atoms with E-state index in [1.54, 1.807) is 17.4 Å². The lowest BCUT2D eigenvalue weighted by Crippen LogP contribution is -2.10. The van der Waals surface area contributed by atoms with E-state index in [9.17, 15) is 4.79 Å². The van der Waals surface area contributed by atoms with Crippen molar-refractivity contribution < 1.29 is 4.79 Å². The van der Waals surface area contributed by atoms with Crippen LogP contribution in [0.15, 0.2) is 6.07 Å². The highest BCUT2D eigenvalue weighted by atomic mass is 32.1. The van der Waals surface area contributed by atoms with Crippen LogP contribution in [0.1, 0.15) is 15.5 Å². The summed E-state index contributed by atoms with van der Waals surface area (Å²) in [4.78, 5) is 17.7. The zero-order chi connectivity index (χ0) is 8.72. The fraction of sp³-hybridized carbons (Fsp3) is 0.143. The summed E-state index contributed by atoms with van der Waals surface area (Å²) in [6.07, 6.45) is 0. The maximum Gasteiger partial charge on any atom is 0.265 e. The number of aromatic nitrogens is 2. The molecule has 62 valence electrons. The van der Waals surface area contributed by atoms with Crippen molar-refractivity contribution in [1.82, 2.24) is 9.97 Å². The molecule has 0 saturated heterocycles. The molecule has 0 fully saturated rings. The van der Waals surface area contributed by atoms with Crippen LogP contribution in [0.25, 0.3) is 10.3 Å². The number of H-pyrrole nitrogens is 1. The first-order valence-corrected chi connectivity index (χ1v) is 4.24. The molecule has 2 aromatic heterocycles. The van der Waals surface area contributed by atoms with Crippen LogP contribution in [-0.4, -0.2) is 15.9 Å². The monoisotopic (exact) mass is 181 g/mol. The van der Waals surface area contributed by atoms with E-state index in [4.69, 9.17) is 5.73 Å². The van der Waals surface area contributed by atoms with Gasteiger partial charge in [-0.3, -0.25) is 4.79 Å². The van der Waals surface area contributed by atoms with Gasteiger partial charge in [0.25, 0.3) is 5.91 Å². The van der Waals surface area contributed by atoms with E-state index in [1.165, 1.54) is 0 Å². The molecular weight excluding hydrogens is 174 g/mol. The Hall–Kier alpha value is -1.36. The largest absolute Gasteiger partial charge is 0.364 e. The molecular formula is C7H7N3OS. The Kier molecular flexibility index (Phi) is 1.41. The number of nitrogens with one attached hydrogen (secondary N) is 1. The Morgan fingerprint density at radius 1 is 1.75 bits per heavy atom. The molecule has 0 saturated carbocycles. The highest BCUT2D eigenvalue weighted by molar-refractivity contribution is 7.18. The van der Waals surface area contributed by atoms with E-state index in [0.29, 0.717) is 5.69 Å². The topological polar surface area (TPSA) is 71.8 Å². The van der Waals surface area contributed by atoms with Crippen molar-refractivity contribution in [2.24, 2.45) is 5.73 Å². The molecule has 2 aromatic rings. The van der Waals surface area contributed by atoms with Crippen molar-refractivity contribution in [2.45, 2.75) is 6.92 Å². The maximum absolute atomic E-state index is 10.7. The molecule has 0 aliphatic rings. The standard InChI is InChI=1S/C7H7N3OS/c1-3-9-7-5(12-3)2-4(10-7)6(8)11/h2,10H,1H3,(H2,8,11). The van der Waals surface area contributed by atoms with E-state index in [-0.39, 0.29) is 0 Å². The summed E-state index contributed by atoms with van der Waals surface area (Å²) < 4.78 is 0.973. The highest BCUT2D eigenvalue weighted by Crippen LogP contribution is 2.21. The van der Waals surface area contributed by atoms with Crippen molar-refractivity contribution >= 4 is 27.6 Å². The molecule has 0 aliphatic carbocycles. The fourth-order valence-electron chi connectivity index (χ4n) is 1.06. The number of aryl methyl sites for hydroxylation is 1. The lowest BCUT2D eigenvalue weighted by atomic mass is 10.4. The SMILES string of the molecule is Cc1nc2[nH]c(C(N)=O)cc2s1. The van der Waals surface area contributed by atoms with E-state index in [2.05, 4.69) is 9.97 Å². The van der Waals surface area contributed by atoms with E-state index in [0.717, 1.165) is 15.4 Å². The number of rotatable bonds is 1. The number of thiazole rings is 1. The average molecular weight is 181 g/mol. The second-order valence-electron chi connectivity index (χ2n) is 2.49. The third-order valence-electron chi connectivity index (χ3n) is 1.55. The number of primary amides is 1. The van der Waals surface area contributed by atoms with Gasteiger partial charge in [-0.05, 0) is 13.0 Å². The van der Waals surface area contributed by atoms with Crippen LogP contribution >= 0.6 is 11.3 Å². The van der Waals surface area contributed by atoms with Crippen LogP contribution < -0.4 is 5.73 Å². The molecule has 0 atom stereocenters. The van der Waals surface area contributed by atoms with Crippen molar-refractivity contribution in [2.75, 3.05) is 0 Å². The molecule has 0 aliphatic heterocycles. The van der Waals surface area contributed by atoms with Crippen LogP contribution in [0.2, 0.25) is 0 Å². The number of nitrogens with zero attached hydrogens (tertiary/aromatic N) is 1. The number of amides is 1. The second kappa shape index (κ2) is 2.31. The number of carbonyl (C=O) groups is 1. The summed E-state index contributed by atoms with van der Waals surface area (Å²) in [6.45, 7) is 1.92. The van der Waals surface area contributed by atoms with E-state index in [1.807, 2.05) is 6.92 Å². The van der Waals surface area contributed by atoms with Crippen LogP contribution in [0, 0.1) is 6.92 Å². The molecule has 0 bridgehead atoms. The summed E-state index contributed by atoms with van der Waals surface area (Å²) in [5.41, 5.74) is 6.24. The molecule has 1 amide bonds. The second-order valence-corrected chi connectivity index (χ2v) is 3.73. The first-order chi connectivity index (χ1) is 5.66. The Labute approximate surface area is 72.4 Å². The highest BCUT2D eigenvalue weighted by Gasteiger charge is 2.08. The molecule has 0 spiro atoms. The summed E-state index contributed by atoms with van der Waals surface area (Å²) in [5, 5.41) is 0.979. The van der Waals surface area contributed by atoms with Crippen molar-refractivity contribution in [3.8, 4) is 0 Å². The number of nitrogens with two attached hydrogens (primary N) is 1. The molecule has 5 heteroatoms. The van der Waals surface area contributed by atoms with Gasteiger partial charge in [0.1, 0.15) is 11.3 Å². The van der Waals surface area contributed by atoms with Gasteiger partial charge in [0.2, 0.25) is 0 Å². The Balaban J connectivity index is 2.64. The van der Waals surface area contributed by atoms with Crippen molar-refractivity contribution in [3.05, 3.63) is 16.8 Å². The lowest BCUT2D eigenvalue weighted by Gasteiger charge is -1.84. The van der Waals surface area contributed by atoms with Gasteiger partial charge >= 0.3 is 0 Å². The first kappa shape index (κ1) is 7.30. The fourth-order valence-corrected chi connectivity index (χ4v) is 1.88. The van der Waals surface area contributed by atoms with Gasteiger partial charge in [0.15, 0.2) is 0 Å². The predicted molar refractivity (Wildman–Crippen MR) is 47.2 cm³/mol. The number of hydrogen-bond donors (Lipinski definition) is 2.